The van der Waals surface area contributed by atoms with Crippen molar-refractivity contribution >= 4 is 5.69 Å². The van der Waals surface area contributed by atoms with Crippen molar-refractivity contribution in [3.63, 3.8) is 0 Å². The predicted molar refractivity (Wildman–Crippen MR) is 81.9 cm³/mol. The van der Waals surface area contributed by atoms with Crippen LogP contribution in [0.3, 0.4) is 0 Å². The number of nitro benzene ring substituents is 1. The molecule has 22 heavy (non-hydrogen) atoms. The second kappa shape index (κ2) is 6.15. The minimum Gasteiger partial charge on any atom is -0.490 e. The summed E-state index contributed by atoms with van der Waals surface area (Å²) < 4.78 is 5.92. The van der Waals surface area contributed by atoms with Gasteiger partial charge in [0, 0.05) is 18.6 Å². The van der Waals surface area contributed by atoms with Crippen molar-refractivity contribution in [1.82, 2.24) is 0 Å². The van der Waals surface area contributed by atoms with Gasteiger partial charge >= 0.3 is 0 Å². The first kappa shape index (κ1) is 14.5. The molecule has 5 heteroatoms. The third kappa shape index (κ3) is 3.09. The monoisotopic (exact) mass is 299 g/mol. The van der Waals surface area contributed by atoms with Crippen LogP contribution in [0.25, 0.3) is 0 Å². The van der Waals surface area contributed by atoms with Crippen LogP contribution in [-0.4, -0.2) is 16.1 Å². The fourth-order valence-electron chi connectivity index (χ4n) is 2.75. The molecule has 1 N–H and O–H groups in total. The summed E-state index contributed by atoms with van der Waals surface area (Å²) in [5.74, 6) is 0.884. The van der Waals surface area contributed by atoms with Gasteiger partial charge in [-0.25, -0.2) is 0 Å². The number of aliphatic hydroxyl groups excluding tert-OH is 1. The number of ether oxygens (including phenoxy) is 1. The SMILES string of the molecule is O=[N+]([O-])c1ccc(C(O)CC2CCc3ccccc3O2)cc1. The van der Waals surface area contributed by atoms with E-state index in [2.05, 4.69) is 6.07 Å². The standard InChI is InChI=1S/C17H17NO4/c19-16(12-5-8-14(9-6-12)18(20)21)11-15-10-7-13-3-1-2-4-17(13)22-15/h1-6,8-9,15-16,19H,7,10-11H2. The molecule has 0 spiro atoms. The fraction of sp³-hybridized carbons (Fsp3) is 0.294. The van der Waals surface area contributed by atoms with E-state index >= 15 is 0 Å². The van der Waals surface area contributed by atoms with Gasteiger partial charge in [0.15, 0.2) is 0 Å². The number of non-ortho nitro benzene ring substituents is 1. The van der Waals surface area contributed by atoms with E-state index in [1.165, 1.54) is 17.7 Å². The molecule has 3 rings (SSSR count). The number of nitrogens with zero attached hydrogens (tertiary/aromatic N) is 1. The Balaban J connectivity index is 1.65. The Morgan fingerprint density at radius 3 is 2.68 bits per heavy atom. The predicted octanol–water partition coefficient (Wildman–Crippen LogP) is 3.41. The van der Waals surface area contributed by atoms with Crippen LogP contribution in [0.4, 0.5) is 5.69 Å². The molecule has 0 aromatic heterocycles. The van der Waals surface area contributed by atoms with Crippen molar-refractivity contribution < 1.29 is 14.8 Å². The van der Waals surface area contributed by atoms with Gasteiger partial charge in [-0.1, -0.05) is 18.2 Å². The zero-order valence-corrected chi connectivity index (χ0v) is 12.0. The quantitative estimate of drug-likeness (QED) is 0.693. The number of aliphatic hydroxyl groups is 1. The Kier molecular flexibility index (Phi) is 4.06. The first-order valence-corrected chi connectivity index (χ1v) is 7.30. The Bertz CT molecular complexity index is 669. The number of aryl methyl sites for hydroxylation is 1. The normalized spacial score (nSPS) is 18.1. The Labute approximate surface area is 128 Å². The average molecular weight is 299 g/mol. The number of rotatable bonds is 4. The minimum absolute atomic E-state index is 0.0267. The van der Waals surface area contributed by atoms with Crippen LogP contribution in [0, 0.1) is 10.1 Å². The zero-order valence-electron chi connectivity index (χ0n) is 12.0. The molecule has 0 amide bonds. The van der Waals surface area contributed by atoms with Gasteiger partial charge in [0.05, 0.1) is 11.0 Å². The van der Waals surface area contributed by atoms with Gasteiger partial charge in [-0.15, -0.1) is 0 Å². The van der Waals surface area contributed by atoms with Gasteiger partial charge in [-0.2, -0.15) is 0 Å². The lowest BCUT2D eigenvalue weighted by Crippen LogP contribution is -2.24. The number of hydrogen-bond donors (Lipinski definition) is 1. The van der Waals surface area contributed by atoms with Crippen LogP contribution in [-0.2, 0) is 6.42 Å². The molecule has 0 radical (unpaired) electrons. The maximum absolute atomic E-state index is 10.6. The van der Waals surface area contributed by atoms with E-state index < -0.39 is 11.0 Å². The number of benzene rings is 2. The summed E-state index contributed by atoms with van der Waals surface area (Å²) in [7, 11) is 0. The van der Waals surface area contributed by atoms with Crippen LogP contribution >= 0.6 is 0 Å². The van der Waals surface area contributed by atoms with Gasteiger partial charge in [0.1, 0.15) is 11.9 Å². The van der Waals surface area contributed by atoms with Gasteiger partial charge in [-0.3, -0.25) is 10.1 Å². The highest BCUT2D eigenvalue weighted by Gasteiger charge is 2.23. The Morgan fingerprint density at radius 1 is 1.23 bits per heavy atom. The van der Waals surface area contributed by atoms with Crippen LogP contribution in [0.2, 0.25) is 0 Å². The van der Waals surface area contributed by atoms with Crippen LogP contribution in [0.5, 0.6) is 5.75 Å². The number of nitro groups is 1. The Morgan fingerprint density at radius 2 is 1.95 bits per heavy atom. The summed E-state index contributed by atoms with van der Waals surface area (Å²) in [6.45, 7) is 0. The fourth-order valence-corrected chi connectivity index (χ4v) is 2.75. The third-order valence-electron chi connectivity index (χ3n) is 3.98. The maximum Gasteiger partial charge on any atom is 0.269 e. The van der Waals surface area contributed by atoms with E-state index in [-0.39, 0.29) is 11.8 Å². The first-order valence-electron chi connectivity index (χ1n) is 7.30. The van der Waals surface area contributed by atoms with Crippen LogP contribution < -0.4 is 4.74 Å². The molecule has 114 valence electrons. The topological polar surface area (TPSA) is 72.6 Å². The van der Waals surface area contributed by atoms with Crippen molar-refractivity contribution in [3.8, 4) is 5.75 Å². The number of para-hydroxylation sites is 1. The van der Waals surface area contributed by atoms with Crippen molar-refractivity contribution in [1.29, 1.82) is 0 Å². The van der Waals surface area contributed by atoms with Crippen LogP contribution in [0.15, 0.2) is 48.5 Å². The molecule has 0 fully saturated rings. The second-order valence-electron chi connectivity index (χ2n) is 5.49. The van der Waals surface area contributed by atoms with Crippen molar-refractivity contribution in [2.45, 2.75) is 31.5 Å². The molecular formula is C17H17NO4. The van der Waals surface area contributed by atoms with Gasteiger partial charge < -0.3 is 9.84 Å². The van der Waals surface area contributed by atoms with E-state index in [4.69, 9.17) is 4.74 Å². The summed E-state index contributed by atoms with van der Waals surface area (Å²) in [6.07, 6.45) is 1.55. The minimum atomic E-state index is -0.684. The molecule has 0 saturated carbocycles. The van der Waals surface area contributed by atoms with Gasteiger partial charge in [-0.05, 0) is 42.2 Å². The summed E-state index contributed by atoms with van der Waals surface area (Å²) in [6, 6.07) is 13.9. The lowest BCUT2D eigenvalue weighted by molar-refractivity contribution is -0.384. The first-order chi connectivity index (χ1) is 10.6. The van der Waals surface area contributed by atoms with Crippen molar-refractivity contribution in [3.05, 3.63) is 69.8 Å². The van der Waals surface area contributed by atoms with Gasteiger partial charge in [0.2, 0.25) is 0 Å². The van der Waals surface area contributed by atoms with E-state index in [9.17, 15) is 15.2 Å². The highest BCUT2D eigenvalue weighted by atomic mass is 16.6. The highest BCUT2D eigenvalue weighted by molar-refractivity contribution is 5.36. The molecule has 0 bridgehead atoms. The number of fused-ring (bicyclic) bond motifs is 1. The molecular weight excluding hydrogens is 282 g/mol. The molecule has 0 aliphatic carbocycles. The molecule has 2 aromatic carbocycles. The van der Waals surface area contributed by atoms with Gasteiger partial charge in [0.25, 0.3) is 5.69 Å². The zero-order chi connectivity index (χ0) is 15.5. The lowest BCUT2D eigenvalue weighted by Gasteiger charge is -2.27. The lowest BCUT2D eigenvalue weighted by atomic mass is 9.96. The number of hydrogen-bond acceptors (Lipinski definition) is 4. The molecule has 2 unspecified atom stereocenters. The molecule has 1 aliphatic heterocycles. The molecule has 1 heterocycles. The third-order valence-corrected chi connectivity index (χ3v) is 3.98. The summed E-state index contributed by atoms with van der Waals surface area (Å²) in [4.78, 5) is 10.2. The molecule has 2 atom stereocenters. The summed E-state index contributed by atoms with van der Waals surface area (Å²) in [5.41, 5.74) is 1.90. The molecule has 0 saturated heterocycles. The van der Waals surface area contributed by atoms with Crippen LogP contribution in [0.1, 0.15) is 30.1 Å². The highest BCUT2D eigenvalue weighted by Crippen LogP contribution is 2.31. The molecule has 1 aliphatic rings. The largest absolute Gasteiger partial charge is 0.490 e. The second-order valence-corrected chi connectivity index (χ2v) is 5.49. The van der Waals surface area contributed by atoms with E-state index in [1.807, 2.05) is 18.2 Å². The van der Waals surface area contributed by atoms with E-state index in [0.717, 1.165) is 18.6 Å². The molecule has 2 aromatic rings. The Hall–Kier alpha value is -2.40. The average Bonchev–Trinajstić information content (AvgIpc) is 2.55. The maximum atomic E-state index is 10.6. The molecule has 5 nitrogen and oxygen atoms in total. The summed E-state index contributed by atoms with van der Waals surface area (Å²) in [5, 5.41) is 20.9. The van der Waals surface area contributed by atoms with Crippen molar-refractivity contribution in [2.24, 2.45) is 0 Å². The van der Waals surface area contributed by atoms with Crippen molar-refractivity contribution in [2.75, 3.05) is 0 Å². The smallest absolute Gasteiger partial charge is 0.269 e. The van der Waals surface area contributed by atoms with E-state index in [0.29, 0.717) is 12.0 Å². The van der Waals surface area contributed by atoms with E-state index in [1.54, 1.807) is 12.1 Å². The summed E-state index contributed by atoms with van der Waals surface area (Å²) >= 11 is 0.